The van der Waals surface area contributed by atoms with Crippen molar-refractivity contribution in [3.63, 3.8) is 0 Å². The molecule has 0 aromatic carbocycles. The van der Waals surface area contributed by atoms with E-state index in [2.05, 4.69) is 5.43 Å². The summed E-state index contributed by atoms with van der Waals surface area (Å²) in [6, 6.07) is 0. The van der Waals surface area contributed by atoms with Gasteiger partial charge in [0.2, 0.25) is 0 Å². The third kappa shape index (κ3) is 1.45. The lowest BCUT2D eigenvalue weighted by molar-refractivity contribution is -0.0110. The molecule has 11 heavy (non-hydrogen) atoms. The van der Waals surface area contributed by atoms with Gasteiger partial charge >= 0.3 is 6.09 Å². The molecular formula is C7H14N2O2. The van der Waals surface area contributed by atoms with E-state index in [4.69, 9.17) is 4.74 Å². The molecule has 1 heterocycles. The zero-order chi connectivity index (χ0) is 8.48. The van der Waals surface area contributed by atoms with Gasteiger partial charge < -0.3 is 4.74 Å². The lowest BCUT2D eigenvalue weighted by Gasteiger charge is -2.40. The van der Waals surface area contributed by atoms with Gasteiger partial charge in [0.1, 0.15) is 0 Å². The van der Waals surface area contributed by atoms with Crippen LogP contribution >= 0.6 is 0 Å². The highest BCUT2D eigenvalue weighted by atomic mass is 16.6. The molecule has 64 valence electrons. The number of hydrogen-bond acceptors (Lipinski definition) is 3. The van der Waals surface area contributed by atoms with Crippen molar-refractivity contribution in [2.24, 2.45) is 0 Å². The number of carbonyl (C=O) groups excluding carboxylic acids is 1. The van der Waals surface area contributed by atoms with Gasteiger partial charge in [-0.3, -0.25) is 0 Å². The number of nitrogens with zero attached hydrogens (tertiary/aromatic N) is 1. The lowest BCUT2D eigenvalue weighted by Crippen LogP contribution is -2.57. The highest BCUT2D eigenvalue weighted by Crippen LogP contribution is 2.21. The van der Waals surface area contributed by atoms with Crippen LogP contribution in [0.15, 0.2) is 0 Å². The number of amides is 1. The normalized spacial score (nSPS) is 23.2. The van der Waals surface area contributed by atoms with E-state index in [-0.39, 0.29) is 11.6 Å². The standard InChI is InChI=1S/C7H14N2O2/c1-7(2)4-5-11-6(10)9(7)8-3/h8H,4-5H2,1-3H3. The Morgan fingerprint density at radius 3 is 2.64 bits per heavy atom. The molecule has 0 aromatic rings. The third-order valence-corrected chi connectivity index (χ3v) is 1.95. The topological polar surface area (TPSA) is 41.6 Å². The fourth-order valence-electron chi connectivity index (χ4n) is 1.21. The van der Waals surface area contributed by atoms with Gasteiger partial charge in [-0.05, 0) is 13.8 Å². The van der Waals surface area contributed by atoms with Crippen molar-refractivity contribution in [3.8, 4) is 0 Å². The number of carbonyl (C=O) groups is 1. The number of cyclic esters (lactones) is 1. The van der Waals surface area contributed by atoms with Crippen molar-refractivity contribution in [1.82, 2.24) is 10.4 Å². The summed E-state index contributed by atoms with van der Waals surface area (Å²) in [5, 5.41) is 1.51. The van der Waals surface area contributed by atoms with Gasteiger partial charge in [-0.15, -0.1) is 0 Å². The molecule has 0 radical (unpaired) electrons. The van der Waals surface area contributed by atoms with Gasteiger partial charge in [-0.25, -0.2) is 15.2 Å². The van der Waals surface area contributed by atoms with E-state index in [0.29, 0.717) is 6.61 Å². The zero-order valence-electron chi connectivity index (χ0n) is 7.18. The molecule has 4 heteroatoms. The van der Waals surface area contributed by atoms with Crippen molar-refractivity contribution in [3.05, 3.63) is 0 Å². The highest BCUT2D eigenvalue weighted by Gasteiger charge is 2.35. The second-order valence-electron chi connectivity index (χ2n) is 3.24. The first-order chi connectivity index (χ1) is 5.08. The summed E-state index contributed by atoms with van der Waals surface area (Å²) in [5.41, 5.74) is 2.67. The molecule has 0 aliphatic carbocycles. The molecule has 1 amide bonds. The molecule has 1 rings (SSSR count). The van der Waals surface area contributed by atoms with Crippen molar-refractivity contribution in [2.75, 3.05) is 13.7 Å². The van der Waals surface area contributed by atoms with Crippen LogP contribution in [0.3, 0.4) is 0 Å². The Balaban J connectivity index is 2.72. The number of hydrogen-bond donors (Lipinski definition) is 1. The average Bonchev–Trinajstić information content (AvgIpc) is 1.86. The molecule has 1 N–H and O–H groups in total. The Kier molecular flexibility index (Phi) is 2.04. The Morgan fingerprint density at radius 2 is 2.27 bits per heavy atom. The molecule has 1 aliphatic heterocycles. The van der Waals surface area contributed by atoms with Crippen LogP contribution in [-0.4, -0.2) is 30.3 Å². The van der Waals surface area contributed by atoms with E-state index in [1.54, 1.807) is 7.05 Å². The maximum absolute atomic E-state index is 11.1. The second kappa shape index (κ2) is 2.70. The van der Waals surface area contributed by atoms with E-state index >= 15 is 0 Å². The fourth-order valence-corrected chi connectivity index (χ4v) is 1.21. The summed E-state index contributed by atoms with van der Waals surface area (Å²) in [6.07, 6.45) is 0.573. The summed E-state index contributed by atoms with van der Waals surface area (Å²) in [6.45, 7) is 4.53. The predicted molar refractivity (Wildman–Crippen MR) is 40.9 cm³/mol. The van der Waals surface area contributed by atoms with E-state index < -0.39 is 0 Å². The largest absolute Gasteiger partial charge is 0.448 e. The van der Waals surface area contributed by atoms with Gasteiger partial charge in [0.05, 0.1) is 12.1 Å². The number of nitrogens with one attached hydrogen (secondary N) is 1. The number of rotatable bonds is 1. The SMILES string of the molecule is CNN1C(=O)OCCC1(C)C. The molecule has 1 fully saturated rings. The molecule has 0 saturated carbocycles. The summed E-state index contributed by atoms with van der Waals surface area (Å²) >= 11 is 0. The predicted octanol–water partition coefficient (Wildman–Crippen LogP) is 0.742. The molecule has 0 spiro atoms. The van der Waals surface area contributed by atoms with E-state index in [9.17, 15) is 4.79 Å². The van der Waals surface area contributed by atoms with E-state index in [0.717, 1.165) is 6.42 Å². The first-order valence-electron chi connectivity index (χ1n) is 3.72. The van der Waals surface area contributed by atoms with Crippen LogP contribution in [0.4, 0.5) is 4.79 Å². The Bertz CT molecular complexity index is 168. The summed E-state index contributed by atoms with van der Waals surface area (Å²) in [4.78, 5) is 11.1. The maximum Gasteiger partial charge on any atom is 0.424 e. The van der Waals surface area contributed by atoms with Gasteiger partial charge in [-0.1, -0.05) is 0 Å². The van der Waals surface area contributed by atoms with E-state index in [1.807, 2.05) is 13.8 Å². The molecule has 0 bridgehead atoms. The summed E-state index contributed by atoms with van der Waals surface area (Å²) in [7, 11) is 1.72. The molecule has 0 unspecified atom stereocenters. The van der Waals surface area contributed by atoms with Crippen LogP contribution in [0.25, 0.3) is 0 Å². The minimum absolute atomic E-state index is 0.135. The van der Waals surface area contributed by atoms with Crippen LogP contribution in [0.1, 0.15) is 20.3 Å². The second-order valence-corrected chi connectivity index (χ2v) is 3.24. The number of hydrazine groups is 1. The van der Waals surface area contributed by atoms with Crippen LogP contribution in [0.5, 0.6) is 0 Å². The smallest absolute Gasteiger partial charge is 0.424 e. The minimum Gasteiger partial charge on any atom is -0.448 e. The summed E-state index contributed by atoms with van der Waals surface area (Å²) < 4.78 is 4.84. The zero-order valence-corrected chi connectivity index (χ0v) is 7.18. The van der Waals surface area contributed by atoms with Crippen molar-refractivity contribution < 1.29 is 9.53 Å². The molecular weight excluding hydrogens is 144 g/mol. The molecule has 1 aliphatic rings. The van der Waals surface area contributed by atoms with Gasteiger partial charge in [0.25, 0.3) is 0 Å². The van der Waals surface area contributed by atoms with Crippen molar-refractivity contribution in [2.45, 2.75) is 25.8 Å². The van der Waals surface area contributed by atoms with Crippen LogP contribution in [0, 0.1) is 0 Å². The first-order valence-corrected chi connectivity index (χ1v) is 3.72. The third-order valence-electron chi connectivity index (χ3n) is 1.95. The molecule has 0 aromatic heterocycles. The Labute approximate surface area is 66.5 Å². The van der Waals surface area contributed by atoms with Gasteiger partial charge in [0, 0.05) is 13.5 Å². The lowest BCUT2D eigenvalue weighted by atomic mass is 10.00. The van der Waals surface area contributed by atoms with Crippen molar-refractivity contribution >= 4 is 6.09 Å². The monoisotopic (exact) mass is 158 g/mol. The van der Waals surface area contributed by atoms with Gasteiger partial charge in [-0.2, -0.15) is 0 Å². The average molecular weight is 158 g/mol. The molecule has 4 nitrogen and oxygen atoms in total. The van der Waals surface area contributed by atoms with E-state index in [1.165, 1.54) is 5.01 Å². The fraction of sp³-hybridized carbons (Fsp3) is 0.857. The first kappa shape index (κ1) is 8.33. The maximum atomic E-state index is 11.1. The van der Waals surface area contributed by atoms with Crippen LogP contribution in [-0.2, 0) is 4.74 Å². The summed E-state index contributed by atoms with van der Waals surface area (Å²) in [5.74, 6) is 0. The van der Waals surface area contributed by atoms with Crippen molar-refractivity contribution in [1.29, 1.82) is 0 Å². The Morgan fingerprint density at radius 1 is 1.64 bits per heavy atom. The Hall–Kier alpha value is -0.770. The van der Waals surface area contributed by atoms with Crippen LogP contribution in [0.2, 0.25) is 0 Å². The molecule has 1 saturated heterocycles. The van der Waals surface area contributed by atoms with Gasteiger partial charge in [0.15, 0.2) is 0 Å². The minimum atomic E-state index is -0.288. The van der Waals surface area contributed by atoms with Crippen LogP contribution < -0.4 is 5.43 Å². The molecule has 0 atom stereocenters. The quantitative estimate of drug-likeness (QED) is 0.612. The highest BCUT2D eigenvalue weighted by molar-refractivity contribution is 5.68. The number of ether oxygens (including phenoxy) is 1.